The molecule has 0 aliphatic carbocycles. The van der Waals surface area contributed by atoms with Gasteiger partial charge in [-0.2, -0.15) is 0 Å². The Labute approximate surface area is 191 Å². The first kappa shape index (κ1) is 25.7. The van der Waals surface area contributed by atoms with Crippen LogP contribution in [-0.2, 0) is 21.2 Å². The molecule has 1 amide bonds. The molecule has 1 aromatic rings. The molecule has 0 saturated carbocycles. The lowest BCUT2D eigenvalue weighted by Crippen LogP contribution is -2.42. The molecule has 0 bridgehead atoms. The summed E-state index contributed by atoms with van der Waals surface area (Å²) in [5.74, 6) is 1.38. The molecule has 1 heterocycles. The van der Waals surface area contributed by atoms with Crippen LogP contribution >= 0.6 is 24.0 Å². The molecule has 0 aromatic heterocycles. The highest BCUT2D eigenvalue weighted by Gasteiger charge is 2.20. The molecule has 1 atom stereocenters. The third-order valence-corrected chi connectivity index (χ3v) is 6.22. The first-order valence-corrected chi connectivity index (χ1v) is 11.6. The number of carbonyl (C=O) groups excluding carboxylic acids is 1. The predicted octanol–water partition coefficient (Wildman–Crippen LogP) is 2.33. The summed E-state index contributed by atoms with van der Waals surface area (Å²) >= 11 is 0. The van der Waals surface area contributed by atoms with Gasteiger partial charge in [0, 0.05) is 45.9 Å². The number of carbonyl (C=O) groups is 1. The largest absolute Gasteiger partial charge is 0.356 e. The molecule has 7 nitrogen and oxygen atoms in total. The lowest BCUT2D eigenvalue weighted by atomic mass is 10.00. The van der Waals surface area contributed by atoms with Gasteiger partial charge in [-0.3, -0.25) is 9.79 Å². The molecule has 1 saturated heterocycles. The SMILES string of the molecule is CN=C(NCCC(=O)N1CCCC(C)C1)NCc1ccc(S(C)(=O)=O)c(C)c1.I. The molecular weight excluding hydrogens is 503 g/mol. The van der Waals surface area contributed by atoms with Crippen LogP contribution in [0, 0.1) is 12.8 Å². The molecule has 1 fully saturated rings. The van der Waals surface area contributed by atoms with E-state index in [0.717, 1.165) is 30.6 Å². The second kappa shape index (κ2) is 11.7. The number of guanidine groups is 1. The molecule has 1 aliphatic heterocycles. The standard InChI is InChI=1S/C20H32N4O3S.HI/c1-15-6-5-11-24(14-15)19(25)9-10-22-20(21-3)23-13-17-7-8-18(16(2)12-17)28(4,26)27;/h7-8,12,15H,5-6,9-11,13-14H2,1-4H3,(H2,21,22,23);1H. The maximum atomic E-state index is 12.3. The number of piperidine rings is 1. The number of aliphatic imine (C=N–C) groups is 1. The molecule has 2 rings (SSSR count). The van der Waals surface area contributed by atoms with Crippen molar-refractivity contribution in [2.24, 2.45) is 10.9 Å². The number of sulfone groups is 1. The predicted molar refractivity (Wildman–Crippen MR) is 128 cm³/mol. The normalized spacial score (nSPS) is 17.4. The molecule has 2 N–H and O–H groups in total. The van der Waals surface area contributed by atoms with E-state index in [1.165, 1.54) is 12.7 Å². The minimum absolute atomic E-state index is 0. The quantitative estimate of drug-likeness (QED) is 0.331. The monoisotopic (exact) mass is 536 g/mol. The fourth-order valence-electron chi connectivity index (χ4n) is 3.51. The Hall–Kier alpha value is -1.36. The van der Waals surface area contributed by atoms with E-state index in [1.54, 1.807) is 26.1 Å². The van der Waals surface area contributed by atoms with Crippen molar-refractivity contribution in [2.45, 2.75) is 44.6 Å². The summed E-state index contributed by atoms with van der Waals surface area (Å²) in [5, 5.41) is 6.36. The summed E-state index contributed by atoms with van der Waals surface area (Å²) in [6.07, 6.45) is 3.94. The summed E-state index contributed by atoms with van der Waals surface area (Å²) in [6.45, 7) is 6.73. The Morgan fingerprint density at radius 3 is 2.62 bits per heavy atom. The highest BCUT2D eigenvalue weighted by Crippen LogP contribution is 2.17. The number of likely N-dealkylation sites (tertiary alicyclic amines) is 1. The van der Waals surface area contributed by atoms with Gasteiger partial charge in [0.15, 0.2) is 15.8 Å². The first-order chi connectivity index (χ1) is 13.2. The van der Waals surface area contributed by atoms with E-state index in [-0.39, 0.29) is 29.9 Å². The highest BCUT2D eigenvalue weighted by atomic mass is 127. The molecule has 1 aliphatic rings. The van der Waals surface area contributed by atoms with Crippen LogP contribution in [0.4, 0.5) is 0 Å². The Bertz CT molecular complexity index is 827. The summed E-state index contributed by atoms with van der Waals surface area (Å²) < 4.78 is 23.4. The molecule has 9 heteroatoms. The average Bonchev–Trinajstić information content (AvgIpc) is 2.63. The summed E-state index contributed by atoms with van der Waals surface area (Å²) in [4.78, 5) is 18.8. The first-order valence-electron chi connectivity index (χ1n) is 9.72. The Morgan fingerprint density at radius 1 is 1.31 bits per heavy atom. The van der Waals surface area contributed by atoms with Crippen LogP contribution in [0.15, 0.2) is 28.1 Å². The van der Waals surface area contributed by atoms with Crippen molar-refractivity contribution >= 4 is 45.7 Å². The second-order valence-electron chi connectivity index (χ2n) is 7.56. The van der Waals surface area contributed by atoms with Crippen molar-refractivity contribution in [2.75, 3.05) is 32.9 Å². The summed E-state index contributed by atoms with van der Waals surface area (Å²) in [5.41, 5.74) is 1.69. The van der Waals surface area contributed by atoms with E-state index < -0.39 is 9.84 Å². The van der Waals surface area contributed by atoms with E-state index in [0.29, 0.717) is 36.3 Å². The van der Waals surface area contributed by atoms with Crippen LogP contribution in [-0.4, -0.2) is 58.1 Å². The molecule has 29 heavy (non-hydrogen) atoms. The van der Waals surface area contributed by atoms with Crippen molar-refractivity contribution in [3.8, 4) is 0 Å². The number of hydrogen-bond acceptors (Lipinski definition) is 4. The average molecular weight is 536 g/mol. The van der Waals surface area contributed by atoms with Gasteiger partial charge in [0.1, 0.15) is 0 Å². The van der Waals surface area contributed by atoms with Crippen molar-refractivity contribution < 1.29 is 13.2 Å². The fourth-order valence-corrected chi connectivity index (χ4v) is 4.46. The zero-order chi connectivity index (χ0) is 20.7. The highest BCUT2D eigenvalue weighted by molar-refractivity contribution is 14.0. The minimum atomic E-state index is -3.21. The van der Waals surface area contributed by atoms with E-state index in [4.69, 9.17) is 0 Å². The number of rotatable bonds is 6. The van der Waals surface area contributed by atoms with Crippen LogP contribution in [0.1, 0.15) is 37.3 Å². The van der Waals surface area contributed by atoms with Crippen molar-refractivity contribution in [1.29, 1.82) is 0 Å². The van der Waals surface area contributed by atoms with Crippen LogP contribution in [0.2, 0.25) is 0 Å². The van der Waals surface area contributed by atoms with Crippen LogP contribution in [0.5, 0.6) is 0 Å². The Balaban J connectivity index is 0.00000420. The number of amides is 1. The van der Waals surface area contributed by atoms with Gasteiger partial charge in [0.2, 0.25) is 5.91 Å². The molecule has 0 spiro atoms. The van der Waals surface area contributed by atoms with Gasteiger partial charge >= 0.3 is 0 Å². The van der Waals surface area contributed by atoms with Crippen LogP contribution in [0.25, 0.3) is 0 Å². The topological polar surface area (TPSA) is 90.9 Å². The molecule has 1 aromatic carbocycles. The van der Waals surface area contributed by atoms with Crippen LogP contribution in [0.3, 0.4) is 0 Å². The smallest absolute Gasteiger partial charge is 0.224 e. The molecular formula is C20H33IN4O3S. The fraction of sp³-hybridized carbons (Fsp3) is 0.600. The Kier molecular flexibility index (Phi) is 10.4. The van der Waals surface area contributed by atoms with E-state index >= 15 is 0 Å². The number of nitrogens with one attached hydrogen (secondary N) is 2. The van der Waals surface area contributed by atoms with E-state index in [9.17, 15) is 13.2 Å². The third-order valence-electron chi connectivity index (χ3n) is 4.96. The second-order valence-corrected chi connectivity index (χ2v) is 9.55. The Morgan fingerprint density at radius 2 is 2.03 bits per heavy atom. The maximum absolute atomic E-state index is 12.3. The molecule has 0 radical (unpaired) electrons. The number of aryl methyl sites for hydroxylation is 1. The summed E-state index contributed by atoms with van der Waals surface area (Å²) in [7, 11) is -1.53. The minimum Gasteiger partial charge on any atom is -0.356 e. The number of benzene rings is 1. The van der Waals surface area contributed by atoms with Gasteiger partial charge in [0.25, 0.3) is 0 Å². The van der Waals surface area contributed by atoms with Gasteiger partial charge in [-0.15, -0.1) is 24.0 Å². The third kappa shape index (κ3) is 8.12. The summed E-state index contributed by atoms with van der Waals surface area (Å²) in [6, 6.07) is 5.29. The molecule has 1 unspecified atom stereocenters. The van der Waals surface area contributed by atoms with Crippen molar-refractivity contribution in [3.05, 3.63) is 29.3 Å². The van der Waals surface area contributed by atoms with Crippen molar-refractivity contribution in [3.63, 3.8) is 0 Å². The molecule has 164 valence electrons. The number of nitrogens with zero attached hydrogens (tertiary/aromatic N) is 2. The van der Waals surface area contributed by atoms with Gasteiger partial charge in [0.05, 0.1) is 4.90 Å². The van der Waals surface area contributed by atoms with Gasteiger partial charge < -0.3 is 15.5 Å². The number of hydrogen-bond donors (Lipinski definition) is 2. The number of halogens is 1. The van der Waals surface area contributed by atoms with Gasteiger partial charge in [-0.25, -0.2) is 8.42 Å². The van der Waals surface area contributed by atoms with E-state index in [2.05, 4.69) is 22.5 Å². The van der Waals surface area contributed by atoms with Gasteiger partial charge in [-0.05, 0) is 42.9 Å². The maximum Gasteiger partial charge on any atom is 0.224 e. The lowest BCUT2D eigenvalue weighted by Gasteiger charge is -2.31. The van der Waals surface area contributed by atoms with Crippen LogP contribution < -0.4 is 10.6 Å². The van der Waals surface area contributed by atoms with Crippen molar-refractivity contribution in [1.82, 2.24) is 15.5 Å². The zero-order valence-corrected chi connectivity index (χ0v) is 20.8. The van der Waals surface area contributed by atoms with Gasteiger partial charge in [-0.1, -0.05) is 19.1 Å². The lowest BCUT2D eigenvalue weighted by molar-refractivity contribution is -0.132. The zero-order valence-electron chi connectivity index (χ0n) is 17.7. The van der Waals surface area contributed by atoms with E-state index in [1.807, 2.05) is 11.0 Å².